The summed E-state index contributed by atoms with van der Waals surface area (Å²) in [4.78, 5) is 20.2. The Kier molecular flexibility index (Phi) is 2.23. The number of para-hydroxylation sites is 1. The fourth-order valence-electron chi connectivity index (χ4n) is 3.46. The summed E-state index contributed by atoms with van der Waals surface area (Å²) in [6, 6.07) is 10.9. The van der Waals surface area contributed by atoms with Gasteiger partial charge in [-0.1, -0.05) is 18.2 Å². The van der Waals surface area contributed by atoms with Crippen molar-refractivity contribution in [2.75, 3.05) is 20.1 Å². The molecule has 1 aromatic heterocycles. The van der Waals surface area contributed by atoms with Gasteiger partial charge in [0.2, 0.25) is 0 Å². The average molecular weight is 255 g/mol. The molecule has 2 bridgehead atoms. The molecule has 4 heteroatoms. The summed E-state index contributed by atoms with van der Waals surface area (Å²) in [6.45, 7) is 1.88. The molecule has 2 fully saturated rings. The van der Waals surface area contributed by atoms with Crippen LogP contribution in [0.1, 0.15) is 16.9 Å². The Morgan fingerprint density at radius 3 is 2.79 bits per heavy atom. The number of amides is 1. The van der Waals surface area contributed by atoms with Gasteiger partial charge in [-0.25, -0.2) is 0 Å². The Morgan fingerprint density at radius 1 is 1.26 bits per heavy atom. The lowest BCUT2D eigenvalue weighted by molar-refractivity contribution is 0.0645. The molecule has 4 rings (SSSR count). The topological polar surface area (TPSA) is 39.3 Å². The number of aromatic nitrogens is 1. The van der Waals surface area contributed by atoms with Gasteiger partial charge in [-0.15, -0.1) is 0 Å². The average Bonchev–Trinajstić information content (AvgIpc) is 3.09. The maximum Gasteiger partial charge on any atom is 0.270 e. The maximum absolute atomic E-state index is 12.6. The zero-order chi connectivity index (χ0) is 13.0. The molecule has 0 aliphatic carbocycles. The number of carbonyl (C=O) groups excluding carboxylic acids is 1. The number of likely N-dealkylation sites (N-methyl/N-ethyl adjacent to an activating group) is 1. The van der Waals surface area contributed by atoms with Crippen LogP contribution in [0.25, 0.3) is 10.9 Å². The summed E-state index contributed by atoms with van der Waals surface area (Å²) in [6.07, 6.45) is 1.13. The number of carbonyl (C=O) groups is 1. The SMILES string of the molecule is CN1CC2CC1CN2C(=O)c1cc2ccccc2[nH]1. The molecule has 4 nitrogen and oxygen atoms in total. The predicted octanol–water partition coefficient (Wildman–Crippen LogP) is 1.70. The van der Waals surface area contributed by atoms with Crippen molar-refractivity contribution in [2.24, 2.45) is 0 Å². The van der Waals surface area contributed by atoms with Crippen molar-refractivity contribution >= 4 is 16.8 Å². The number of nitrogens with one attached hydrogen (secondary N) is 1. The first kappa shape index (κ1) is 11.1. The zero-order valence-electron chi connectivity index (χ0n) is 11.0. The summed E-state index contributed by atoms with van der Waals surface area (Å²) < 4.78 is 0. The quantitative estimate of drug-likeness (QED) is 0.842. The Hall–Kier alpha value is -1.81. The Bertz CT molecular complexity index is 613. The van der Waals surface area contributed by atoms with Crippen molar-refractivity contribution in [1.82, 2.24) is 14.8 Å². The van der Waals surface area contributed by atoms with Crippen LogP contribution < -0.4 is 0 Å². The molecule has 2 aromatic rings. The molecule has 19 heavy (non-hydrogen) atoms. The minimum absolute atomic E-state index is 0.150. The van der Waals surface area contributed by atoms with Crippen LogP contribution in [0.5, 0.6) is 0 Å². The molecule has 1 N–H and O–H groups in total. The first-order valence-corrected chi connectivity index (χ1v) is 6.81. The van der Waals surface area contributed by atoms with Gasteiger partial charge in [0.25, 0.3) is 5.91 Å². The summed E-state index contributed by atoms with van der Waals surface area (Å²) in [7, 11) is 2.15. The van der Waals surface area contributed by atoms with Gasteiger partial charge in [-0.05, 0) is 25.6 Å². The third-order valence-corrected chi connectivity index (χ3v) is 4.54. The number of likely N-dealkylation sites (tertiary alicyclic amines) is 2. The van der Waals surface area contributed by atoms with Crippen molar-refractivity contribution in [3.05, 3.63) is 36.0 Å². The molecule has 3 heterocycles. The maximum atomic E-state index is 12.6. The number of rotatable bonds is 1. The van der Waals surface area contributed by atoms with Crippen LogP contribution in [-0.2, 0) is 0 Å². The monoisotopic (exact) mass is 255 g/mol. The van der Waals surface area contributed by atoms with E-state index in [1.54, 1.807) is 0 Å². The van der Waals surface area contributed by atoms with E-state index in [9.17, 15) is 4.79 Å². The first-order chi connectivity index (χ1) is 9.22. The number of piperazine rings is 1. The van der Waals surface area contributed by atoms with Gasteiger partial charge < -0.3 is 9.88 Å². The lowest BCUT2D eigenvalue weighted by atomic mass is 10.2. The number of H-pyrrole nitrogens is 1. The second kappa shape index (κ2) is 3.84. The van der Waals surface area contributed by atoms with Crippen molar-refractivity contribution in [2.45, 2.75) is 18.5 Å². The standard InChI is InChI=1S/C15H17N3O/c1-17-8-12-7-11(17)9-18(12)15(19)14-6-10-4-2-3-5-13(10)16-14/h2-6,11-12,16H,7-9H2,1H3. The Balaban J connectivity index is 1.64. The number of benzene rings is 1. The lowest BCUT2D eigenvalue weighted by Gasteiger charge is -2.31. The first-order valence-electron chi connectivity index (χ1n) is 6.81. The molecule has 0 radical (unpaired) electrons. The minimum atomic E-state index is 0.150. The number of hydrogen-bond acceptors (Lipinski definition) is 2. The van der Waals surface area contributed by atoms with Crippen LogP contribution in [0.2, 0.25) is 0 Å². The van der Waals surface area contributed by atoms with Gasteiger partial charge in [0.05, 0.1) is 0 Å². The number of fused-ring (bicyclic) bond motifs is 3. The molecule has 0 saturated carbocycles. The normalized spacial score (nSPS) is 26.5. The molecule has 0 spiro atoms. The van der Waals surface area contributed by atoms with Gasteiger partial charge >= 0.3 is 0 Å². The highest BCUT2D eigenvalue weighted by Crippen LogP contribution is 2.30. The molecule has 2 atom stereocenters. The van der Waals surface area contributed by atoms with E-state index in [1.165, 1.54) is 0 Å². The molecule has 2 unspecified atom stereocenters. The fraction of sp³-hybridized carbons (Fsp3) is 0.400. The van der Waals surface area contributed by atoms with Crippen LogP contribution in [0.15, 0.2) is 30.3 Å². The van der Waals surface area contributed by atoms with Crippen molar-refractivity contribution in [1.29, 1.82) is 0 Å². The summed E-state index contributed by atoms with van der Waals surface area (Å²) >= 11 is 0. The van der Waals surface area contributed by atoms with E-state index in [2.05, 4.69) is 16.9 Å². The minimum Gasteiger partial charge on any atom is -0.351 e. The van der Waals surface area contributed by atoms with Crippen molar-refractivity contribution < 1.29 is 4.79 Å². The second-order valence-electron chi connectivity index (χ2n) is 5.71. The van der Waals surface area contributed by atoms with Gasteiger partial charge in [0, 0.05) is 36.1 Å². The zero-order valence-corrected chi connectivity index (χ0v) is 11.0. The lowest BCUT2D eigenvalue weighted by Crippen LogP contribution is -2.47. The van der Waals surface area contributed by atoms with Crippen LogP contribution in [0.4, 0.5) is 0 Å². The van der Waals surface area contributed by atoms with Crippen LogP contribution in [-0.4, -0.2) is 52.9 Å². The number of hydrogen-bond donors (Lipinski definition) is 1. The Morgan fingerprint density at radius 2 is 2.11 bits per heavy atom. The second-order valence-corrected chi connectivity index (χ2v) is 5.71. The molecular weight excluding hydrogens is 238 g/mol. The largest absolute Gasteiger partial charge is 0.351 e. The van der Waals surface area contributed by atoms with E-state index < -0.39 is 0 Å². The molecule has 2 aliphatic rings. The predicted molar refractivity (Wildman–Crippen MR) is 74.2 cm³/mol. The van der Waals surface area contributed by atoms with Gasteiger partial charge in [0.15, 0.2) is 0 Å². The van der Waals surface area contributed by atoms with E-state index in [4.69, 9.17) is 0 Å². The number of nitrogens with zero attached hydrogens (tertiary/aromatic N) is 2. The highest BCUT2D eigenvalue weighted by molar-refractivity contribution is 5.98. The molecule has 98 valence electrons. The van der Waals surface area contributed by atoms with Crippen molar-refractivity contribution in [3.8, 4) is 0 Å². The molecule has 2 aliphatic heterocycles. The fourth-order valence-corrected chi connectivity index (χ4v) is 3.46. The van der Waals surface area contributed by atoms with Gasteiger partial charge in [-0.3, -0.25) is 9.69 Å². The van der Waals surface area contributed by atoms with E-state index in [-0.39, 0.29) is 5.91 Å². The van der Waals surface area contributed by atoms with Gasteiger partial charge in [-0.2, -0.15) is 0 Å². The van der Waals surface area contributed by atoms with E-state index in [0.29, 0.717) is 12.1 Å². The smallest absolute Gasteiger partial charge is 0.270 e. The summed E-state index contributed by atoms with van der Waals surface area (Å²) in [5.74, 6) is 0.150. The third-order valence-electron chi connectivity index (χ3n) is 4.54. The van der Waals surface area contributed by atoms with Crippen LogP contribution in [0, 0.1) is 0 Å². The molecule has 2 saturated heterocycles. The van der Waals surface area contributed by atoms with Crippen LogP contribution >= 0.6 is 0 Å². The summed E-state index contributed by atoms with van der Waals surface area (Å²) in [5.41, 5.74) is 1.75. The highest BCUT2D eigenvalue weighted by atomic mass is 16.2. The number of aromatic amines is 1. The highest BCUT2D eigenvalue weighted by Gasteiger charge is 2.43. The Labute approximate surface area is 112 Å². The molecular formula is C15H17N3O. The van der Waals surface area contributed by atoms with Crippen LogP contribution in [0.3, 0.4) is 0 Å². The van der Waals surface area contributed by atoms with Crippen molar-refractivity contribution in [3.63, 3.8) is 0 Å². The molecule has 1 amide bonds. The van der Waals surface area contributed by atoms with E-state index >= 15 is 0 Å². The molecule has 1 aromatic carbocycles. The van der Waals surface area contributed by atoms with E-state index in [1.807, 2.05) is 35.2 Å². The van der Waals surface area contributed by atoms with E-state index in [0.717, 1.165) is 36.1 Å². The third kappa shape index (κ3) is 1.60. The summed E-state index contributed by atoms with van der Waals surface area (Å²) in [5, 5.41) is 1.10. The van der Waals surface area contributed by atoms with Gasteiger partial charge in [0.1, 0.15) is 5.69 Å².